The molecule has 0 aromatic heterocycles. The first-order chi connectivity index (χ1) is 10.4. The first-order valence-corrected chi connectivity index (χ1v) is 6.98. The fraction of sp³-hybridized carbons (Fsp3) is 0.176. The summed E-state index contributed by atoms with van der Waals surface area (Å²) in [4.78, 5) is 25.3. The molecule has 0 fully saturated rings. The van der Waals surface area contributed by atoms with Gasteiger partial charge in [-0.2, -0.15) is 0 Å². The second-order valence-corrected chi connectivity index (χ2v) is 5.50. The van der Waals surface area contributed by atoms with Gasteiger partial charge in [-0.05, 0) is 19.9 Å². The average molecular weight is 296 g/mol. The highest BCUT2D eigenvalue weighted by molar-refractivity contribution is 6.30. The van der Waals surface area contributed by atoms with Crippen LogP contribution in [0.4, 0.5) is 11.4 Å². The van der Waals surface area contributed by atoms with E-state index in [2.05, 4.69) is 0 Å². The summed E-state index contributed by atoms with van der Waals surface area (Å²) in [6, 6.07) is 8.20. The van der Waals surface area contributed by atoms with Crippen LogP contribution in [0.2, 0.25) is 0 Å². The summed E-state index contributed by atoms with van der Waals surface area (Å²) < 4.78 is 5.59. The van der Waals surface area contributed by atoms with Crippen molar-refractivity contribution in [2.45, 2.75) is 20.0 Å². The molecule has 1 aliphatic carbocycles. The van der Waals surface area contributed by atoms with Crippen molar-refractivity contribution in [3.63, 3.8) is 0 Å². The zero-order chi connectivity index (χ0) is 16.0. The van der Waals surface area contributed by atoms with Crippen molar-refractivity contribution in [2.75, 3.05) is 11.5 Å². The second-order valence-electron chi connectivity index (χ2n) is 5.50. The summed E-state index contributed by atoms with van der Waals surface area (Å²) in [5, 5.41) is 0. The maximum absolute atomic E-state index is 12.7. The lowest BCUT2D eigenvalue weighted by molar-refractivity contribution is 0.0979. The van der Waals surface area contributed by atoms with Crippen molar-refractivity contribution >= 4 is 22.9 Å². The molecule has 0 spiro atoms. The van der Waals surface area contributed by atoms with Gasteiger partial charge in [0.15, 0.2) is 11.6 Å². The summed E-state index contributed by atoms with van der Waals surface area (Å²) >= 11 is 0. The van der Waals surface area contributed by atoms with Gasteiger partial charge in [-0.15, -0.1) is 0 Å². The Morgan fingerprint density at radius 3 is 2.09 bits per heavy atom. The SMILES string of the molecule is CC(C)Oc1cc2c(c(N)c1N)C(=O)c1ccccc1C2=O. The monoisotopic (exact) mass is 296 g/mol. The predicted molar refractivity (Wildman–Crippen MR) is 84.3 cm³/mol. The van der Waals surface area contributed by atoms with Gasteiger partial charge >= 0.3 is 0 Å². The van der Waals surface area contributed by atoms with E-state index in [1.165, 1.54) is 6.07 Å². The molecule has 22 heavy (non-hydrogen) atoms. The van der Waals surface area contributed by atoms with Crippen LogP contribution in [-0.2, 0) is 0 Å². The van der Waals surface area contributed by atoms with Crippen LogP contribution >= 0.6 is 0 Å². The van der Waals surface area contributed by atoms with Gasteiger partial charge in [-0.25, -0.2) is 0 Å². The summed E-state index contributed by atoms with van der Waals surface area (Å²) in [5.41, 5.74) is 13.4. The molecule has 1 aliphatic rings. The number of hydrogen-bond acceptors (Lipinski definition) is 5. The first-order valence-electron chi connectivity index (χ1n) is 6.98. The van der Waals surface area contributed by atoms with Crippen molar-refractivity contribution in [2.24, 2.45) is 0 Å². The van der Waals surface area contributed by atoms with E-state index in [9.17, 15) is 9.59 Å². The molecular weight excluding hydrogens is 280 g/mol. The van der Waals surface area contributed by atoms with Crippen LogP contribution in [0.5, 0.6) is 5.75 Å². The molecule has 112 valence electrons. The average Bonchev–Trinajstić information content (AvgIpc) is 2.49. The Morgan fingerprint density at radius 1 is 0.909 bits per heavy atom. The number of nitrogen functional groups attached to an aromatic ring is 2. The number of benzene rings is 2. The highest BCUT2D eigenvalue weighted by atomic mass is 16.5. The molecule has 4 N–H and O–H groups in total. The smallest absolute Gasteiger partial charge is 0.196 e. The van der Waals surface area contributed by atoms with Gasteiger partial charge in [0, 0.05) is 16.7 Å². The van der Waals surface area contributed by atoms with Crippen molar-refractivity contribution in [1.29, 1.82) is 0 Å². The number of nitrogens with two attached hydrogens (primary N) is 2. The van der Waals surface area contributed by atoms with E-state index in [0.717, 1.165) is 0 Å². The zero-order valence-electron chi connectivity index (χ0n) is 12.3. The number of hydrogen-bond donors (Lipinski definition) is 2. The first kappa shape index (κ1) is 14.1. The normalized spacial score (nSPS) is 13.0. The molecule has 0 bridgehead atoms. The van der Waals surface area contributed by atoms with Crippen LogP contribution < -0.4 is 16.2 Å². The fourth-order valence-corrected chi connectivity index (χ4v) is 2.63. The van der Waals surface area contributed by atoms with Crippen LogP contribution in [0.15, 0.2) is 30.3 Å². The molecule has 0 atom stereocenters. The van der Waals surface area contributed by atoms with Gasteiger partial charge in [0.1, 0.15) is 5.75 Å². The van der Waals surface area contributed by atoms with Crippen molar-refractivity contribution in [1.82, 2.24) is 0 Å². The van der Waals surface area contributed by atoms with E-state index >= 15 is 0 Å². The molecule has 2 aromatic rings. The fourth-order valence-electron chi connectivity index (χ4n) is 2.63. The number of carbonyl (C=O) groups excluding carboxylic acids is 2. The number of ether oxygens (including phenoxy) is 1. The second kappa shape index (κ2) is 4.87. The van der Waals surface area contributed by atoms with Crippen molar-refractivity contribution in [3.05, 3.63) is 52.6 Å². The van der Waals surface area contributed by atoms with Crippen LogP contribution in [0, 0.1) is 0 Å². The minimum absolute atomic E-state index is 0.0982. The molecule has 0 heterocycles. The third-order valence-corrected chi connectivity index (χ3v) is 3.62. The van der Waals surface area contributed by atoms with Crippen LogP contribution in [-0.4, -0.2) is 17.7 Å². The Labute approximate surface area is 127 Å². The summed E-state index contributed by atoms with van der Waals surface area (Å²) in [6.07, 6.45) is -0.124. The number of fused-ring (bicyclic) bond motifs is 2. The molecule has 0 unspecified atom stereocenters. The summed E-state index contributed by atoms with van der Waals surface area (Å²) in [7, 11) is 0. The van der Waals surface area contributed by atoms with E-state index in [0.29, 0.717) is 16.9 Å². The number of ketones is 2. The summed E-state index contributed by atoms with van der Waals surface area (Å²) in [5.74, 6) is -0.206. The van der Waals surface area contributed by atoms with E-state index in [1.807, 2.05) is 13.8 Å². The molecule has 0 radical (unpaired) electrons. The van der Waals surface area contributed by atoms with Crippen LogP contribution in [0.25, 0.3) is 0 Å². The predicted octanol–water partition coefficient (Wildman–Crippen LogP) is 2.41. The third kappa shape index (κ3) is 1.94. The maximum Gasteiger partial charge on any atom is 0.196 e. The molecule has 3 rings (SSSR count). The number of carbonyl (C=O) groups is 2. The number of rotatable bonds is 2. The van der Waals surface area contributed by atoms with Gasteiger partial charge in [0.25, 0.3) is 0 Å². The molecule has 0 aliphatic heterocycles. The minimum atomic E-state index is -0.287. The Hall–Kier alpha value is -2.82. The standard InChI is InChI=1S/C17H16N2O3/c1-8(2)22-12-7-11-13(15(19)14(12)18)17(21)10-6-4-3-5-9(10)16(11)20/h3-8H,18-19H2,1-2H3. The van der Waals surface area contributed by atoms with E-state index in [4.69, 9.17) is 16.2 Å². The van der Waals surface area contributed by atoms with Crippen molar-refractivity contribution in [3.8, 4) is 5.75 Å². The molecule has 0 saturated carbocycles. The largest absolute Gasteiger partial charge is 0.489 e. The van der Waals surface area contributed by atoms with Crippen LogP contribution in [0.1, 0.15) is 45.7 Å². The van der Waals surface area contributed by atoms with E-state index in [1.54, 1.807) is 24.3 Å². The Balaban J connectivity index is 2.27. The quantitative estimate of drug-likeness (QED) is 0.708. The minimum Gasteiger partial charge on any atom is -0.489 e. The van der Waals surface area contributed by atoms with Gasteiger partial charge in [0.2, 0.25) is 0 Å². The lowest BCUT2D eigenvalue weighted by atomic mass is 9.82. The van der Waals surface area contributed by atoms with E-state index < -0.39 is 0 Å². The Bertz CT molecular complexity index is 810. The van der Waals surface area contributed by atoms with Gasteiger partial charge in [-0.1, -0.05) is 24.3 Å². The lowest BCUT2D eigenvalue weighted by Crippen LogP contribution is -2.23. The molecule has 0 saturated heterocycles. The van der Waals surface area contributed by atoms with Gasteiger partial charge in [0.05, 0.1) is 23.0 Å². The Morgan fingerprint density at radius 2 is 1.50 bits per heavy atom. The third-order valence-electron chi connectivity index (χ3n) is 3.62. The molecular formula is C17H16N2O3. The molecule has 5 nitrogen and oxygen atoms in total. The topological polar surface area (TPSA) is 95.4 Å². The van der Waals surface area contributed by atoms with Crippen molar-refractivity contribution < 1.29 is 14.3 Å². The van der Waals surface area contributed by atoms with Crippen LogP contribution in [0.3, 0.4) is 0 Å². The summed E-state index contributed by atoms with van der Waals surface area (Å²) in [6.45, 7) is 3.69. The van der Waals surface area contributed by atoms with Gasteiger partial charge < -0.3 is 16.2 Å². The lowest BCUT2D eigenvalue weighted by Gasteiger charge is -2.22. The van der Waals surface area contributed by atoms with Gasteiger partial charge in [-0.3, -0.25) is 9.59 Å². The Kier molecular flexibility index (Phi) is 3.13. The highest BCUT2D eigenvalue weighted by Gasteiger charge is 2.33. The molecule has 2 aromatic carbocycles. The van der Waals surface area contributed by atoms with E-state index in [-0.39, 0.29) is 40.2 Å². The zero-order valence-corrected chi connectivity index (χ0v) is 12.3. The maximum atomic E-state index is 12.7. The molecule has 0 amide bonds. The molecule has 5 heteroatoms. The highest BCUT2D eigenvalue weighted by Crippen LogP contribution is 2.39. The number of anilines is 2.